The van der Waals surface area contributed by atoms with E-state index in [1.807, 2.05) is 0 Å². The van der Waals surface area contributed by atoms with Crippen molar-refractivity contribution in [1.29, 1.82) is 0 Å². The van der Waals surface area contributed by atoms with E-state index in [1.165, 1.54) is 27.5 Å². The van der Waals surface area contributed by atoms with Crippen molar-refractivity contribution >= 4 is 0 Å². The Kier molecular flexibility index (Phi) is 4.56. The number of fused-ring (bicyclic) bond motifs is 5. The first-order valence-electron chi connectivity index (χ1n) is 11.4. The Hall–Kier alpha value is -2.07. The molecule has 4 rings (SSSR count). The molecule has 0 saturated heterocycles. The molecule has 1 spiro atoms. The number of imidazole rings is 1. The fourth-order valence-electron chi connectivity index (χ4n) is 4.87. The second-order valence-electron chi connectivity index (χ2n) is 11.6. The van der Waals surface area contributed by atoms with Crippen molar-refractivity contribution in [3.05, 3.63) is 53.7 Å². The second-order valence-corrected chi connectivity index (χ2v) is 11.6. The highest BCUT2D eigenvalue weighted by Gasteiger charge is 2.67. The summed E-state index contributed by atoms with van der Waals surface area (Å²) in [5.74, 6) is 1.72. The Morgan fingerprint density at radius 1 is 0.967 bits per heavy atom. The van der Waals surface area contributed by atoms with Crippen molar-refractivity contribution in [2.75, 3.05) is 0 Å². The van der Waals surface area contributed by atoms with Crippen LogP contribution < -0.4 is 9.47 Å². The molecule has 0 bridgehead atoms. The lowest BCUT2D eigenvalue weighted by Gasteiger charge is -2.33. The molecule has 0 saturated carbocycles. The molecule has 1 unspecified atom stereocenters. The topological polar surface area (TPSA) is 22.5 Å². The van der Waals surface area contributed by atoms with E-state index in [1.54, 1.807) is 0 Å². The maximum Gasteiger partial charge on any atom is 0.429 e. The van der Waals surface area contributed by atoms with Gasteiger partial charge in [0.15, 0.2) is 11.5 Å². The Morgan fingerprint density at radius 2 is 1.60 bits per heavy atom. The van der Waals surface area contributed by atoms with Crippen molar-refractivity contribution in [1.82, 2.24) is 4.57 Å². The average molecular weight is 410 g/mol. The van der Waals surface area contributed by atoms with E-state index in [9.17, 15) is 0 Å². The molecular weight excluding hydrogens is 370 g/mol. The van der Waals surface area contributed by atoms with Crippen LogP contribution >= 0.6 is 0 Å². The highest BCUT2D eigenvalue weighted by atomic mass is 16.6. The van der Waals surface area contributed by atoms with Crippen LogP contribution in [0.1, 0.15) is 86.5 Å². The lowest BCUT2D eigenvalue weighted by molar-refractivity contribution is -0.953. The number of benzene rings is 1. The SMILES string of the molecule is CC(C)[n+]1cc(C(C)(C)C)n2c1-c1ccccc1[C@@]21OC(C(C)(C)C)=C[NH+]1C(C)C. The van der Waals surface area contributed by atoms with E-state index in [-0.39, 0.29) is 10.8 Å². The van der Waals surface area contributed by atoms with E-state index in [0.717, 1.165) is 5.76 Å². The van der Waals surface area contributed by atoms with Crippen LogP contribution in [-0.2, 0) is 16.0 Å². The van der Waals surface area contributed by atoms with Gasteiger partial charge in [-0.05, 0) is 39.8 Å². The van der Waals surface area contributed by atoms with Crippen LogP contribution in [0.25, 0.3) is 11.4 Å². The number of allylic oxidation sites excluding steroid dienone is 1. The minimum Gasteiger partial charge on any atom is -0.399 e. The van der Waals surface area contributed by atoms with Gasteiger partial charge in [-0.2, -0.15) is 0 Å². The zero-order valence-electron chi connectivity index (χ0n) is 20.4. The quantitative estimate of drug-likeness (QED) is 0.725. The first kappa shape index (κ1) is 21.2. The monoisotopic (exact) mass is 409 g/mol. The van der Waals surface area contributed by atoms with Gasteiger partial charge in [0, 0.05) is 10.8 Å². The van der Waals surface area contributed by atoms with Gasteiger partial charge in [-0.25, -0.2) is 9.47 Å². The van der Waals surface area contributed by atoms with E-state index < -0.39 is 5.85 Å². The molecule has 4 heteroatoms. The van der Waals surface area contributed by atoms with E-state index in [0.29, 0.717) is 12.1 Å². The van der Waals surface area contributed by atoms with Gasteiger partial charge in [-0.15, -0.1) is 4.57 Å². The molecule has 162 valence electrons. The van der Waals surface area contributed by atoms with Crippen molar-refractivity contribution in [3.8, 4) is 11.4 Å². The summed E-state index contributed by atoms with van der Waals surface area (Å²) in [5.41, 5.74) is 3.79. The van der Waals surface area contributed by atoms with Crippen LogP contribution in [0.15, 0.2) is 42.4 Å². The molecule has 3 heterocycles. The summed E-state index contributed by atoms with van der Waals surface area (Å²) in [6.45, 7) is 22.8. The molecule has 2 aliphatic rings. The first-order valence-corrected chi connectivity index (χ1v) is 11.4. The predicted molar refractivity (Wildman–Crippen MR) is 121 cm³/mol. The molecule has 1 aromatic carbocycles. The fourth-order valence-corrected chi connectivity index (χ4v) is 4.87. The molecule has 2 aromatic rings. The number of aromatic nitrogens is 2. The molecule has 0 amide bonds. The maximum atomic E-state index is 7.10. The smallest absolute Gasteiger partial charge is 0.399 e. The van der Waals surface area contributed by atoms with Crippen molar-refractivity contribution in [2.45, 2.75) is 92.6 Å². The zero-order chi connectivity index (χ0) is 22.2. The number of hydrogen-bond acceptors (Lipinski definition) is 1. The molecule has 1 aromatic heterocycles. The lowest BCUT2D eigenvalue weighted by Crippen LogP contribution is -3.17. The normalized spacial score (nSPS) is 23.2. The van der Waals surface area contributed by atoms with Crippen LogP contribution in [0.3, 0.4) is 0 Å². The van der Waals surface area contributed by atoms with E-state index >= 15 is 0 Å². The van der Waals surface area contributed by atoms with Gasteiger partial charge in [0.1, 0.15) is 18.0 Å². The van der Waals surface area contributed by atoms with Crippen LogP contribution in [0, 0.1) is 5.41 Å². The van der Waals surface area contributed by atoms with E-state index in [4.69, 9.17) is 4.74 Å². The molecule has 0 fully saturated rings. The van der Waals surface area contributed by atoms with E-state index in [2.05, 4.69) is 115 Å². The highest BCUT2D eigenvalue weighted by Crippen LogP contribution is 2.48. The van der Waals surface area contributed by atoms with Crippen LogP contribution in [0.5, 0.6) is 0 Å². The van der Waals surface area contributed by atoms with Gasteiger partial charge < -0.3 is 4.74 Å². The Morgan fingerprint density at radius 3 is 2.13 bits per heavy atom. The highest BCUT2D eigenvalue weighted by molar-refractivity contribution is 5.66. The van der Waals surface area contributed by atoms with Gasteiger partial charge in [-0.3, -0.25) is 0 Å². The third-order valence-corrected chi connectivity index (χ3v) is 6.43. The molecule has 2 aliphatic heterocycles. The average Bonchev–Trinajstić information content (AvgIpc) is 3.27. The summed E-state index contributed by atoms with van der Waals surface area (Å²) in [6, 6.07) is 9.56. The number of hydrogen-bond donors (Lipinski definition) is 1. The Labute approximate surface area is 182 Å². The number of rotatable bonds is 2. The third kappa shape index (κ3) is 2.80. The molecule has 4 nitrogen and oxygen atoms in total. The summed E-state index contributed by atoms with van der Waals surface area (Å²) in [6.07, 6.45) is 4.69. The van der Waals surface area contributed by atoms with Gasteiger partial charge in [0.2, 0.25) is 0 Å². The lowest BCUT2D eigenvalue weighted by atomic mass is 9.92. The van der Waals surface area contributed by atoms with Crippen LogP contribution in [0.4, 0.5) is 0 Å². The Bertz CT molecular complexity index is 1010. The number of quaternary nitrogens is 1. The van der Waals surface area contributed by atoms with Gasteiger partial charge in [0.25, 0.3) is 5.82 Å². The van der Waals surface area contributed by atoms with Crippen molar-refractivity contribution in [2.24, 2.45) is 5.41 Å². The van der Waals surface area contributed by atoms with Crippen LogP contribution in [-0.4, -0.2) is 10.6 Å². The number of nitrogens with zero attached hydrogens (tertiary/aromatic N) is 2. The van der Waals surface area contributed by atoms with Gasteiger partial charge >= 0.3 is 5.85 Å². The van der Waals surface area contributed by atoms with Gasteiger partial charge in [0.05, 0.1) is 17.6 Å². The molecule has 0 aliphatic carbocycles. The summed E-state index contributed by atoms with van der Waals surface area (Å²) in [5, 5.41) is 0. The summed E-state index contributed by atoms with van der Waals surface area (Å²) >= 11 is 0. The standard InChI is InChI=1S/C26H38N3O/c1-17(2)27-15-21(24(5,6)7)29-23(27)19-13-11-12-14-20(19)26(29)28(18(3)4)16-22(30-26)25(8,9)10/h11-18H,1-10H3/q+1/p+1/t26-/m0/s1. The summed E-state index contributed by atoms with van der Waals surface area (Å²) < 4.78 is 12.1. The predicted octanol–water partition coefficient (Wildman–Crippen LogP) is 4.50. The Balaban J connectivity index is 2.12. The number of nitrogens with one attached hydrogen (secondary N) is 1. The van der Waals surface area contributed by atoms with Crippen molar-refractivity contribution in [3.63, 3.8) is 0 Å². The molecule has 1 N–H and O–H groups in total. The zero-order valence-corrected chi connectivity index (χ0v) is 20.4. The molecular formula is C26H39N3O+2. The first-order chi connectivity index (χ1) is 13.8. The minimum absolute atomic E-state index is 0.0140. The van der Waals surface area contributed by atoms with Crippen molar-refractivity contribution < 1.29 is 14.2 Å². The molecule has 30 heavy (non-hydrogen) atoms. The summed E-state index contributed by atoms with van der Waals surface area (Å²) in [7, 11) is 0. The van der Waals surface area contributed by atoms with Gasteiger partial charge in [-0.1, -0.05) is 53.7 Å². The second kappa shape index (κ2) is 6.46. The summed E-state index contributed by atoms with van der Waals surface area (Å²) in [4.78, 5) is 1.34. The molecule has 2 atom stereocenters. The van der Waals surface area contributed by atoms with Crippen LogP contribution in [0.2, 0.25) is 0 Å². The minimum atomic E-state index is -0.606. The molecule has 0 radical (unpaired) electrons. The third-order valence-electron chi connectivity index (χ3n) is 6.43. The number of ether oxygens (including phenoxy) is 1. The maximum absolute atomic E-state index is 7.10. The fraction of sp³-hybridized carbons (Fsp3) is 0.577. The largest absolute Gasteiger partial charge is 0.429 e.